The Morgan fingerprint density at radius 2 is 2.35 bits per heavy atom. The first-order valence-corrected chi connectivity index (χ1v) is 8.24. The molecule has 1 aliphatic rings. The van der Waals surface area contributed by atoms with E-state index in [9.17, 15) is 4.79 Å². The molecule has 2 rings (SSSR count). The molecule has 20 heavy (non-hydrogen) atoms. The van der Waals surface area contributed by atoms with Crippen LogP contribution in [0.5, 0.6) is 0 Å². The Labute approximate surface area is 123 Å². The molecule has 1 aromatic heterocycles. The van der Waals surface area contributed by atoms with Gasteiger partial charge >= 0.3 is 5.97 Å². The number of anilines is 1. The Kier molecular flexibility index (Phi) is 5.23. The predicted molar refractivity (Wildman–Crippen MR) is 81.3 cm³/mol. The molecule has 0 spiro atoms. The minimum Gasteiger partial charge on any atom is -0.462 e. The average molecular weight is 295 g/mol. The lowest BCUT2D eigenvalue weighted by Crippen LogP contribution is -2.27. The van der Waals surface area contributed by atoms with Crippen LogP contribution in [0.3, 0.4) is 0 Å². The van der Waals surface area contributed by atoms with Crippen molar-refractivity contribution in [2.24, 2.45) is 0 Å². The van der Waals surface area contributed by atoms with E-state index in [1.807, 2.05) is 11.8 Å². The Bertz CT molecular complexity index is 481. The van der Waals surface area contributed by atoms with E-state index in [-0.39, 0.29) is 5.97 Å². The van der Waals surface area contributed by atoms with Crippen molar-refractivity contribution in [3.05, 3.63) is 17.5 Å². The summed E-state index contributed by atoms with van der Waals surface area (Å²) in [6.45, 7) is 3.95. The predicted octanol–water partition coefficient (Wildman–Crippen LogP) is 2.66. The van der Waals surface area contributed by atoms with Gasteiger partial charge in [0.15, 0.2) is 0 Å². The molecule has 110 valence electrons. The molecule has 1 saturated carbocycles. The minimum atomic E-state index is -0.362. The van der Waals surface area contributed by atoms with Crippen molar-refractivity contribution < 1.29 is 9.53 Å². The lowest BCUT2D eigenvalue weighted by Gasteiger charge is -2.19. The highest BCUT2D eigenvalue weighted by Gasteiger charge is 2.27. The third kappa shape index (κ3) is 3.42. The Morgan fingerprint density at radius 1 is 1.55 bits per heavy atom. The number of hydrogen-bond acceptors (Lipinski definition) is 6. The van der Waals surface area contributed by atoms with E-state index in [1.54, 1.807) is 20.0 Å². The average Bonchev–Trinajstić information content (AvgIpc) is 2.86. The van der Waals surface area contributed by atoms with Crippen molar-refractivity contribution in [2.45, 2.75) is 44.4 Å². The molecule has 2 atom stereocenters. The lowest BCUT2D eigenvalue weighted by molar-refractivity contribution is 0.0524. The number of esters is 1. The molecule has 0 radical (unpaired) electrons. The van der Waals surface area contributed by atoms with E-state index in [0.29, 0.717) is 35.1 Å². The van der Waals surface area contributed by atoms with Crippen LogP contribution in [0.2, 0.25) is 0 Å². The molecule has 0 saturated heterocycles. The summed E-state index contributed by atoms with van der Waals surface area (Å²) in [6.07, 6.45) is 7.31. The van der Waals surface area contributed by atoms with Gasteiger partial charge in [-0.2, -0.15) is 11.8 Å². The molecule has 1 N–H and O–H groups in total. The van der Waals surface area contributed by atoms with Gasteiger partial charge in [-0.05, 0) is 32.9 Å². The first-order valence-electron chi connectivity index (χ1n) is 6.95. The van der Waals surface area contributed by atoms with Gasteiger partial charge in [-0.3, -0.25) is 0 Å². The smallest absolute Gasteiger partial charge is 0.341 e. The quantitative estimate of drug-likeness (QED) is 0.843. The van der Waals surface area contributed by atoms with Crippen LogP contribution >= 0.6 is 11.8 Å². The Balaban J connectivity index is 2.07. The van der Waals surface area contributed by atoms with E-state index in [2.05, 4.69) is 21.5 Å². The zero-order valence-corrected chi connectivity index (χ0v) is 13.0. The summed E-state index contributed by atoms with van der Waals surface area (Å²) >= 11 is 1.89. The second-order valence-corrected chi connectivity index (χ2v) is 5.95. The second-order valence-electron chi connectivity index (χ2n) is 4.87. The standard InChI is InChI=1S/C14H21N3O2S/c1-4-19-13(18)10-8-15-14(16-9(10)2)17-11-6-5-7-12(11)20-3/h8,11-12H,4-7H2,1-3H3,(H,15,16,17). The number of hydrogen-bond donors (Lipinski definition) is 1. The number of carbonyl (C=O) groups excluding carboxylic acids is 1. The molecule has 1 aliphatic carbocycles. The maximum absolute atomic E-state index is 11.7. The zero-order chi connectivity index (χ0) is 14.5. The van der Waals surface area contributed by atoms with E-state index in [0.717, 1.165) is 6.42 Å². The van der Waals surface area contributed by atoms with Gasteiger partial charge in [0.05, 0.1) is 17.9 Å². The Hall–Kier alpha value is -1.30. The topological polar surface area (TPSA) is 64.1 Å². The molecule has 1 fully saturated rings. The molecule has 6 heteroatoms. The molecule has 2 unspecified atom stereocenters. The molecule has 1 heterocycles. The normalized spacial score (nSPS) is 21.8. The van der Waals surface area contributed by atoms with E-state index >= 15 is 0 Å². The van der Waals surface area contributed by atoms with Gasteiger partial charge in [0.25, 0.3) is 0 Å². The van der Waals surface area contributed by atoms with Crippen LogP contribution in [0.15, 0.2) is 6.20 Å². The minimum absolute atomic E-state index is 0.357. The van der Waals surface area contributed by atoms with Crippen molar-refractivity contribution in [1.29, 1.82) is 0 Å². The molecule has 0 bridgehead atoms. The highest BCUT2D eigenvalue weighted by Crippen LogP contribution is 2.30. The van der Waals surface area contributed by atoms with Crippen molar-refractivity contribution >= 4 is 23.7 Å². The van der Waals surface area contributed by atoms with Gasteiger partial charge in [-0.1, -0.05) is 6.42 Å². The van der Waals surface area contributed by atoms with Crippen molar-refractivity contribution in [3.63, 3.8) is 0 Å². The maximum Gasteiger partial charge on any atom is 0.341 e. The van der Waals surface area contributed by atoms with Crippen LogP contribution in [0.1, 0.15) is 42.2 Å². The lowest BCUT2D eigenvalue weighted by atomic mass is 10.2. The van der Waals surface area contributed by atoms with Gasteiger partial charge in [0.1, 0.15) is 0 Å². The molecular weight excluding hydrogens is 274 g/mol. The van der Waals surface area contributed by atoms with Crippen LogP contribution in [0.4, 0.5) is 5.95 Å². The fourth-order valence-corrected chi connectivity index (χ4v) is 3.42. The summed E-state index contributed by atoms with van der Waals surface area (Å²) in [7, 11) is 0. The van der Waals surface area contributed by atoms with E-state index in [4.69, 9.17) is 4.74 Å². The van der Waals surface area contributed by atoms with Gasteiger partial charge in [0, 0.05) is 17.5 Å². The van der Waals surface area contributed by atoms with Crippen molar-refractivity contribution in [1.82, 2.24) is 9.97 Å². The van der Waals surface area contributed by atoms with Crippen molar-refractivity contribution in [2.75, 3.05) is 18.2 Å². The van der Waals surface area contributed by atoms with Gasteiger partial charge < -0.3 is 10.1 Å². The molecule has 0 aliphatic heterocycles. The number of nitrogens with zero attached hydrogens (tertiary/aromatic N) is 2. The van der Waals surface area contributed by atoms with Crippen molar-refractivity contribution in [3.8, 4) is 0 Å². The summed E-state index contributed by atoms with van der Waals surface area (Å²) in [5, 5.41) is 4.00. The van der Waals surface area contributed by atoms with Gasteiger partial charge in [-0.25, -0.2) is 14.8 Å². The molecular formula is C14H21N3O2S. The largest absolute Gasteiger partial charge is 0.462 e. The third-order valence-corrected chi connectivity index (χ3v) is 4.71. The second kappa shape index (κ2) is 6.92. The molecule has 0 aromatic carbocycles. The number of aryl methyl sites for hydroxylation is 1. The monoisotopic (exact) mass is 295 g/mol. The Morgan fingerprint density at radius 3 is 3.00 bits per heavy atom. The summed E-state index contributed by atoms with van der Waals surface area (Å²) in [5.41, 5.74) is 1.09. The number of aromatic nitrogens is 2. The number of carbonyl (C=O) groups is 1. The van der Waals surface area contributed by atoms with Crippen LogP contribution in [-0.4, -0.2) is 40.1 Å². The SMILES string of the molecule is CCOC(=O)c1cnc(NC2CCCC2SC)nc1C. The van der Waals surface area contributed by atoms with Gasteiger partial charge in [-0.15, -0.1) is 0 Å². The summed E-state index contributed by atoms with van der Waals surface area (Å²) in [4.78, 5) is 20.3. The highest BCUT2D eigenvalue weighted by atomic mass is 32.2. The molecule has 1 aromatic rings. The van der Waals surface area contributed by atoms with Crippen LogP contribution in [0, 0.1) is 6.92 Å². The summed E-state index contributed by atoms with van der Waals surface area (Å²) < 4.78 is 4.97. The zero-order valence-electron chi connectivity index (χ0n) is 12.2. The van der Waals surface area contributed by atoms with Crippen LogP contribution in [0.25, 0.3) is 0 Å². The van der Waals surface area contributed by atoms with Crippen LogP contribution in [-0.2, 0) is 4.74 Å². The maximum atomic E-state index is 11.7. The van der Waals surface area contributed by atoms with E-state index < -0.39 is 0 Å². The first-order chi connectivity index (χ1) is 9.65. The molecule has 0 amide bonds. The van der Waals surface area contributed by atoms with Gasteiger partial charge in [0.2, 0.25) is 5.95 Å². The fraction of sp³-hybridized carbons (Fsp3) is 0.643. The third-order valence-electron chi connectivity index (χ3n) is 3.54. The number of nitrogens with one attached hydrogen (secondary N) is 1. The summed E-state index contributed by atoms with van der Waals surface area (Å²) in [5.74, 6) is 0.237. The highest BCUT2D eigenvalue weighted by molar-refractivity contribution is 7.99. The summed E-state index contributed by atoms with van der Waals surface area (Å²) in [6, 6.07) is 0.415. The first kappa shape index (κ1) is 15.1. The van der Waals surface area contributed by atoms with E-state index in [1.165, 1.54) is 12.8 Å². The number of thioether (sulfide) groups is 1. The number of ether oxygens (including phenoxy) is 1. The fourth-order valence-electron chi connectivity index (χ4n) is 2.48. The number of rotatable bonds is 5. The van der Waals surface area contributed by atoms with Crippen LogP contribution < -0.4 is 5.32 Å². The molecule has 5 nitrogen and oxygen atoms in total.